The van der Waals surface area contributed by atoms with Crippen molar-refractivity contribution in [1.82, 2.24) is 0 Å². The first-order valence-electron chi connectivity index (χ1n) is 5.16. The van der Waals surface area contributed by atoms with Crippen molar-refractivity contribution in [2.75, 3.05) is 0 Å². The van der Waals surface area contributed by atoms with Gasteiger partial charge in [-0.25, -0.2) is 4.79 Å². The maximum absolute atomic E-state index is 10.9. The van der Waals surface area contributed by atoms with Crippen LogP contribution in [0.5, 0.6) is 0 Å². The Morgan fingerprint density at radius 2 is 1.69 bits per heavy atom. The van der Waals surface area contributed by atoms with Crippen molar-refractivity contribution in [3.63, 3.8) is 0 Å². The lowest BCUT2D eigenvalue weighted by Crippen LogP contribution is -2.17. The summed E-state index contributed by atoms with van der Waals surface area (Å²) in [5, 5.41) is 0. The van der Waals surface area contributed by atoms with Gasteiger partial charge in [-0.3, -0.25) is 0 Å². The molecule has 0 N–H and O–H groups in total. The molecule has 0 amide bonds. The van der Waals surface area contributed by atoms with E-state index < -0.39 is 0 Å². The Labute approximate surface area is 80.0 Å². The second-order valence-corrected chi connectivity index (χ2v) is 3.61. The van der Waals surface area contributed by atoms with Gasteiger partial charge in [0.2, 0.25) is 0 Å². The molecule has 0 unspecified atom stereocenters. The summed E-state index contributed by atoms with van der Waals surface area (Å²) in [5.74, 6) is -0.273. The standard InChI is InChI=1S/C11H18O2/c1-2-11(12)13-10-8-6-4-3-5-7-9-10/h2,10H,1,3-9H2. The van der Waals surface area contributed by atoms with E-state index in [2.05, 4.69) is 6.58 Å². The second kappa shape index (κ2) is 5.79. The van der Waals surface area contributed by atoms with Crippen LogP contribution < -0.4 is 0 Å². The molecule has 1 aliphatic rings. The second-order valence-electron chi connectivity index (χ2n) is 3.61. The van der Waals surface area contributed by atoms with Gasteiger partial charge in [-0.2, -0.15) is 0 Å². The molecule has 0 heterocycles. The van der Waals surface area contributed by atoms with E-state index in [1.165, 1.54) is 38.2 Å². The molecule has 0 radical (unpaired) electrons. The van der Waals surface area contributed by atoms with Gasteiger partial charge in [-0.05, 0) is 25.7 Å². The molecular formula is C11H18O2. The normalized spacial score (nSPS) is 20.0. The molecule has 1 rings (SSSR count). The molecule has 0 saturated heterocycles. The van der Waals surface area contributed by atoms with Crippen molar-refractivity contribution in [3.8, 4) is 0 Å². The van der Waals surface area contributed by atoms with E-state index >= 15 is 0 Å². The molecule has 0 atom stereocenters. The van der Waals surface area contributed by atoms with Crippen molar-refractivity contribution in [3.05, 3.63) is 12.7 Å². The highest BCUT2D eigenvalue weighted by Gasteiger charge is 2.13. The Morgan fingerprint density at radius 3 is 2.23 bits per heavy atom. The average Bonchev–Trinajstić information content (AvgIpc) is 2.09. The van der Waals surface area contributed by atoms with E-state index in [9.17, 15) is 4.79 Å². The molecule has 13 heavy (non-hydrogen) atoms. The van der Waals surface area contributed by atoms with Gasteiger partial charge in [0, 0.05) is 6.08 Å². The summed E-state index contributed by atoms with van der Waals surface area (Å²) in [6, 6.07) is 0. The van der Waals surface area contributed by atoms with Crippen LogP contribution in [0.3, 0.4) is 0 Å². The molecule has 0 bridgehead atoms. The van der Waals surface area contributed by atoms with Crippen LogP contribution in [0.4, 0.5) is 0 Å². The van der Waals surface area contributed by atoms with Crippen LogP contribution in [0, 0.1) is 0 Å². The zero-order valence-electron chi connectivity index (χ0n) is 8.13. The fourth-order valence-corrected chi connectivity index (χ4v) is 1.75. The monoisotopic (exact) mass is 182 g/mol. The minimum absolute atomic E-state index is 0.144. The van der Waals surface area contributed by atoms with E-state index in [0.29, 0.717) is 0 Å². The molecular weight excluding hydrogens is 164 g/mol. The topological polar surface area (TPSA) is 26.3 Å². The van der Waals surface area contributed by atoms with Gasteiger partial charge in [0.25, 0.3) is 0 Å². The van der Waals surface area contributed by atoms with Crippen LogP contribution in [0.15, 0.2) is 12.7 Å². The lowest BCUT2D eigenvalue weighted by molar-refractivity contribution is -0.143. The van der Waals surface area contributed by atoms with E-state index in [4.69, 9.17) is 4.74 Å². The maximum Gasteiger partial charge on any atom is 0.330 e. The molecule has 2 heteroatoms. The maximum atomic E-state index is 10.9. The fraction of sp³-hybridized carbons (Fsp3) is 0.727. The van der Waals surface area contributed by atoms with Crippen LogP contribution in [0.25, 0.3) is 0 Å². The molecule has 0 aromatic heterocycles. The minimum Gasteiger partial charge on any atom is -0.459 e. The van der Waals surface area contributed by atoms with E-state index in [1.54, 1.807) is 0 Å². The zero-order chi connectivity index (χ0) is 9.52. The summed E-state index contributed by atoms with van der Waals surface area (Å²) in [6.07, 6.45) is 9.72. The van der Waals surface area contributed by atoms with Gasteiger partial charge in [-0.15, -0.1) is 0 Å². The lowest BCUT2D eigenvalue weighted by atomic mass is 9.99. The third-order valence-electron chi connectivity index (χ3n) is 2.50. The van der Waals surface area contributed by atoms with Crippen molar-refractivity contribution in [2.24, 2.45) is 0 Å². The van der Waals surface area contributed by atoms with Crippen LogP contribution in [-0.4, -0.2) is 12.1 Å². The van der Waals surface area contributed by atoms with Crippen molar-refractivity contribution < 1.29 is 9.53 Å². The number of ether oxygens (including phenoxy) is 1. The number of carbonyl (C=O) groups excluding carboxylic acids is 1. The van der Waals surface area contributed by atoms with E-state index in [0.717, 1.165) is 12.8 Å². The summed E-state index contributed by atoms with van der Waals surface area (Å²) >= 11 is 0. The minimum atomic E-state index is -0.273. The van der Waals surface area contributed by atoms with Crippen LogP contribution >= 0.6 is 0 Å². The molecule has 0 spiro atoms. The molecule has 1 fully saturated rings. The third-order valence-corrected chi connectivity index (χ3v) is 2.50. The van der Waals surface area contributed by atoms with Crippen molar-refractivity contribution in [2.45, 2.75) is 51.0 Å². The fourth-order valence-electron chi connectivity index (χ4n) is 1.75. The first-order chi connectivity index (χ1) is 6.33. The summed E-state index contributed by atoms with van der Waals surface area (Å²) in [7, 11) is 0. The van der Waals surface area contributed by atoms with E-state index in [-0.39, 0.29) is 12.1 Å². The number of hydrogen-bond donors (Lipinski definition) is 0. The summed E-state index contributed by atoms with van der Waals surface area (Å²) in [5.41, 5.74) is 0. The van der Waals surface area contributed by atoms with Gasteiger partial charge in [0.05, 0.1) is 0 Å². The number of rotatable bonds is 2. The zero-order valence-corrected chi connectivity index (χ0v) is 8.13. The molecule has 0 aromatic carbocycles. The predicted octanol–water partition coefficient (Wildman–Crippen LogP) is 2.83. The SMILES string of the molecule is C=CC(=O)OC1CCCCCCC1. The van der Waals surface area contributed by atoms with Crippen molar-refractivity contribution in [1.29, 1.82) is 0 Å². The summed E-state index contributed by atoms with van der Waals surface area (Å²) in [4.78, 5) is 10.9. The molecule has 1 aliphatic carbocycles. The van der Waals surface area contributed by atoms with Gasteiger partial charge in [-0.1, -0.05) is 25.8 Å². The van der Waals surface area contributed by atoms with Crippen LogP contribution in [0.2, 0.25) is 0 Å². The summed E-state index contributed by atoms with van der Waals surface area (Å²) < 4.78 is 5.22. The Hall–Kier alpha value is -0.790. The predicted molar refractivity (Wildman–Crippen MR) is 52.4 cm³/mol. The molecule has 0 aliphatic heterocycles. The highest BCUT2D eigenvalue weighted by atomic mass is 16.5. The average molecular weight is 182 g/mol. The number of carbonyl (C=O) groups is 1. The highest BCUT2D eigenvalue weighted by Crippen LogP contribution is 2.19. The van der Waals surface area contributed by atoms with Gasteiger partial charge < -0.3 is 4.74 Å². The van der Waals surface area contributed by atoms with Gasteiger partial charge >= 0.3 is 5.97 Å². The van der Waals surface area contributed by atoms with Gasteiger partial charge in [0.15, 0.2) is 0 Å². The quantitative estimate of drug-likeness (QED) is 0.485. The number of esters is 1. The highest BCUT2D eigenvalue weighted by molar-refractivity contribution is 5.81. The van der Waals surface area contributed by atoms with Gasteiger partial charge in [0.1, 0.15) is 6.10 Å². The Morgan fingerprint density at radius 1 is 1.15 bits per heavy atom. The Kier molecular flexibility index (Phi) is 4.58. The molecule has 74 valence electrons. The Bertz CT molecular complexity index is 167. The van der Waals surface area contributed by atoms with Crippen LogP contribution in [-0.2, 0) is 9.53 Å². The number of hydrogen-bond acceptors (Lipinski definition) is 2. The lowest BCUT2D eigenvalue weighted by Gasteiger charge is -2.19. The largest absolute Gasteiger partial charge is 0.459 e. The Balaban J connectivity index is 2.28. The first kappa shape index (κ1) is 10.3. The molecule has 2 nitrogen and oxygen atoms in total. The third kappa shape index (κ3) is 4.11. The van der Waals surface area contributed by atoms with Crippen LogP contribution in [0.1, 0.15) is 44.9 Å². The summed E-state index contributed by atoms with van der Waals surface area (Å²) in [6.45, 7) is 3.39. The molecule has 0 aromatic rings. The smallest absolute Gasteiger partial charge is 0.330 e. The first-order valence-corrected chi connectivity index (χ1v) is 5.16. The van der Waals surface area contributed by atoms with E-state index in [1.807, 2.05) is 0 Å². The van der Waals surface area contributed by atoms with Crippen molar-refractivity contribution >= 4 is 5.97 Å². The molecule has 1 saturated carbocycles.